The van der Waals surface area contributed by atoms with E-state index in [0.717, 1.165) is 57.1 Å². The van der Waals surface area contributed by atoms with Crippen LogP contribution in [0.25, 0.3) is 0 Å². The van der Waals surface area contributed by atoms with Crippen molar-refractivity contribution in [2.24, 2.45) is 4.99 Å². The number of nitrogens with zero attached hydrogens (tertiary/aromatic N) is 3. The molecule has 0 amide bonds. The molecule has 1 aliphatic rings. The number of fused-ring (bicyclic) bond motifs is 1. The topological polar surface area (TPSA) is 49.6 Å². The fourth-order valence-electron chi connectivity index (χ4n) is 3.51. The van der Waals surface area contributed by atoms with Gasteiger partial charge < -0.3 is 14.8 Å². The molecule has 5 heteroatoms. The van der Waals surface area contributed by atoms with E-state index >= 15 is 0 Å². The normalized spacial score (nSPS) is 14.2. The number of aryl methyl sites for hydroxylation is 1. The molecule has 1 aliphatic heterocycles. The summed E-state index contributed by atoms with van der Waals surface area (Å²) < 4.78 is 1.84. The van der Waals surface area contributed by atoms with Gasteiger partial charge >= 0.3 is 0 Å². The minimum absolute atomic E-state index is 0.0840. The molecular weight excluding hydrogens is 324 g/mol. The van der Waals surface area contributed by atoms with Crippen LogP contribution >= 0.6 is 0 Å². The number of aliphatic imine (C=N–C) groups is 1. The molecule has 1 aromatic carbocycles. The Labute approximate surface area is 155 Å². The van der Waals surface area contributed by atoms with Gasteiger partial charge in [0.25, 0.3) is 5.56 Å². The van der Waals surface area contributed by atoms with Gasteiger partial charge in [0.1, 0.15) is 0 Å². The van der Waals surface area contributed by atoms with Crippen molar-refractivity contribution < 1.29 is 0 Å². The molecule has 0 bridgehead atoms. The SMILES string of the molecule is CN=C(NCCCCn1c(C)cccc1=O)N1CCc2ccccc2C1. The summed E-state index contributed by atoms with van der Waals surface area (Å²) in [6.07, 6.45) is 3.04. The lowest BCUT2D eigenvalue weighted by molar-refractivity contribution is 0.378. The molecule has 26 heavy (non-hydrogen) atoms. The first-order chi connectivity index (χ1) is 12.7. The highest BCUT2D eigenvalue weighted by Crippen LogP contribution is 2.18. The third-order valence-corrected chi connectivity index (χ3v) is 5.00. The van der Waals surface area contributed by atoms with Crippen molar-refractivity contribution in [3.8, 4) is 0 Å². The number of unbranched alkanes of at least 4 members (excludes halogenated alkanes) is 1. The number of rotatable bonds is 5. The molecule has 0 aliphatic carbocycles. The molecule has 3 rings (SSSR count). The van der Waals surface area contributed by atoms with Gasteiger partial charge in [-0.05, 0) is 43.4 Å². The largest absolute Gasteiger partial charge is 0.356 e. The van der Waals surface area contributed by atoms with E-state index in [0.29, 0.717) is 0 Å². The fourth-order valence-corrected chi connectivity index (χ4v) is 3.51. The summed E-state index contributed by atoms with van der Waals surface area (Å²) >= 11 is 0. The second-order valence-corrected chi connectivity index (χ2v) is 6.78. The van der Waals surface area contributed by atoms with E-state index in [9.17, 15) is 4.79 Å². The zero-order chi connectivity index (χ0) is 18.4. The molecule has 0 saturated heterocycles. The van der Waals surface area contributed by atoms with E-state index in [1.807, 2.05) is 30.7 Å². The molecule has 2 heterocycles. The minimum Gasteiger partial charge on any atom is -0.356 e. The van der Waals surface area contributed by atoms with Crippen molar-refractivity contribution in [1.29, 1.82) is 0 Å². The molecule has 1 aromatic heterocycles. The summed E-state index contributed by atoms with van der Waals surface area (Å²) in [5.74, 6) is 0.965. The van der Waals surface area contributed by atoms with Crippen molar-refractivity contribution in [1.82, 2.24) is 14.8 Å². The highest BCUT2D eigenvalue weighted by molar-refractivity contribution is 5.80. The molecule has 1 N–H and O–H groups in total. The summed E-state index contributed by atoms with van der Waals surface area (Å²) in [6, 6.07) is 14.1. The van der Waals surface area contributed by atoms with Gasteiger partial charge in [0.15, 0.2) is 5.96 Å². The van der Waals surface area contributed by atoms with E-state index in [1.165, 1.54) is 11.1 Å². The number of hydrogen-bond donors (Lipinski definition) is 1. The molecular formula is C21H28N4O. The Morgan fingerprint density at radius 1 is 1.12 bits per heavy atom. The van der Waals surface area contributed by atoms with Gasteiger partial charge in [-0.15, -0.1) is 0 Å². The zero-order valence-electron chi connectivity index (χ0n) is 15.7. The predicted octanol–water partition coefficient (Wildman–Crippen LogP) is 2.57. The van der Waals surface area contributed by atoms with Gasteiger partial charge in [-0.2, -0.15) is 0 Å². The van der Waals surface area contributed by atoms with Gasteiger partial charge in [-0.3, -0.25) is 9.79 Å². The molecule has 0 saturated carbocycles. The summed E-state index contributed by atoms with van der Waals surface area (Å²) in [6.45, 7) is 5.52. The second-order valence-electron chi connectivity index (χ2n) is 6.78. The minimum atomic E-state index is 0.0840. The molecule has 0 unspecified atom stereocenters. The summed E-state index contributed by atoms with van der Waals surface area (Å²) in [7, 11) is 1.84. The van der Waals surface area contributed by atoms with Crippen LogP contribution in [-0.4, -0.2) is 35.6 Å². The Balaban J connectivity index is 1.46. The van der Waals surface area contributed by atoms with Gasteiger partial charge in [0.05, 0.1) is 0 Å². The quantitative estimate of drug-likeness (QED) is 0.511. The highest BCUT2D eigenvalue weighted by Gasteiger charge is 2.18. The maximum atomic E-state index is 11.9. The number of guanidine groups is 1. The monoisotopic (exact) mass is 352 g/mol. The maximum Gasteiger partial charge on any atom is 0.250 e. The molecule has 0 fully saturated rings. The van der Waals surface area contributed by atoms with Crippen LogP contribution in [0.2, 0.25) is 0 Å². The highest BCUT2D eigenvalue weighted by atomic mass is 16.1. The maximum absolute atomic E-state index is 11.9. The first kappa shape index (κ1) is 18.2. The Kier molecular flexibility index (Phi) is 6.10. The van der Waals surface area contributed by atoms with Gasteiger partial charge in [-0.1, -0.05) is 30.3 Å². The Bertz CT molecular complexity index is 825. The second kappa shape index (κ2) is 8.70. The number of hydrogen-bond acceptors (Lipinski definition) is 2. The number of nitrogens with one attached hydrogen (secondary N) is 1. The van der Waals surface area contributed by atoms with Crippen LogP contribution in [0.5, 0.6) is 0 Å². The van der Waals surface area contributed by atoms with Crippen LogP contribution in [0, 0.1) is 6.92 Å². The summed E-state index contributed by atoms with van der Waals surface area (Å²) in [5, 5.41) is 3.47. The average Bonchev–Trinajstić information content (AvgIpc) is 2.66. The molecule has 138 valence electrons. The van der Waals surface area contributed by atoms with Crippen LogP contribution in [0.15, 0.2) is 52.3 Å². The van der Waals surface area contributed by atoms with E-state index in [-0.39, 0.29) is 5.56 Å². The van der Waals surface area contributed by atoms with Crippen molar-refractivity contribution in [2.45, 2.75) is 39.3 Å². The average molecular weight is 352 g/mol. The lowest BCUT2D eigenvalue weighted by Crippen LogP contribution is -2.44. The third-order valence-electron chi connectivity index (χ3n) is 5.00. The van der Waals surface area contributed by atoms with Crippen molar-refractivity contribution in [3.63, 3.8) is 0 Å². The predicted molar refractivity (Wildman–Crippen MR) is 107 cm³/mol. The molecule has 0 radical (unpaired) electrons. The summed E-state index contributed by atoms with van der Waals surface area (Å²) in [5.41, 5.74) is 3.94. The Morgan fingerprint density at radius 2 is 1.92 bits per heavy atom. The number of pyridine rings is 1. The standard InChI is InChI=1S/C21H28N4O/c1-17-8-7-11-20(26)25(17)14-6-5-13-23-21(22-2)24-15-12-18-9-3-4-10-19(18)16-24/h3-4,7-11H,5-6,12-16H2,1-2H3,(H,22,23). The lowest BCUT2D eigenvalue weighted by Gasteiger charge is -2.31. The van der Waals surface area contributed by atoms with Crippen LogP contribution in [0.1, 0.15) is 29.7 Å². The fraction of sp³-hybridized carbons (Fsp3) is 0.429. The Morgan fingerprint density at radius 3 is 2.69 bits per heavy atom. The zero-order valence-corrected chi connectivity index (χ0v) is 15.7. The van der Waals surface area contributed by atoms with Crippen molar-refractivity contribution in [3.05, 3.63) is 69.6 Å². The van der Waals surface area contributed by atoms with Crippen molar-refractivity contribution >= 4 is 5.96 Å². The summed E-state index contributed by atoms with van der Waals surface area (Å²) in [4.78, 5) is 18.6. The van der Waals surface area contributed by atoms with Gasteiger partial charge in [-0.25, -0.2) is 0 Å². The molecule has 5 nitrogen and oxygen atoms in total. The van der Waals surface area contributed by atoms with Crippen LogP contribution in [0.4, 0.5) is 0 Å². The third kappa shape index (κ3) is 4.34. The van der Waals surface area contributed by atoms with E-state index < -0.39 is 0 Å². The first-order valence-corrected chi connectivity index (χ1v) is 9.38. The van der Waals surface area contributed by atoms with Gasteiger partial charge in [0, 0.05) is 45.0 Å². The molecule has 0 atom stereocenters. The first-order valence-electron chi connectivity index (χ1n) is 9.38. The van der Waals surface area contributed by atoms with E-state index in [1.54, 1.807) is 6.07 Å². The van der Waals surface area contributed by atoms with Crippen molar-refractivity contribution in [2.75, 3.05) is 20.1 Å². The van der Waals surface area contributed by atoms with Crippen LogP contribution < -0.4 is 10.9 Å². The van der Waals surface area contributed by atoms with Crippen LogP contribution in [-0.2, 0) is 19.5 Å². The Hall–Kier alpha value is -2.56. The molecule has 2 aromatic rings. The van der Waals surface area contributed by atoms with E-state index in [4.69, 9.17) is 0 Å². The smallest absolute Gasteiger partial charge is 0.250 e. The lowest BCUT2D eigenvalue weighted by atomic mass is 10.0. The van der Waals surface area contributed by atoms with Crippen LogP contribution in [0.3, 0.4) is 0 Å². The van der Waals surface area contributed by atoms with Gasteiger partial charge in [0.2, 0.25) is 0 Å². The number of aromatic nitrogens is 1. The van der Waals surface area contributed by atoms with E-state index in [2.05, 4.69) is 39.5 Å². The number of benzene rings is 1. The molecule has 0 spiro atoms.